The largest absolute Gasteiger partial charge is 0.461 e. The standard InChI is InChI=1S/C23H27ClN2O2/c1-4-25(5-2)14-15-26-21(17-10-8-7-9-11-17)19-13-12-18(24)16-20(19)22(26)23(27)28-6-3/h7-13,16H,4-6,14-15H2,1-3H3. The van der Waals surface area contributed by atoms with E-state index in [-0.39, 0.29) is 5.97 Å². The first-order chi connectivity index (χ1) is 13.6. The second-order valence-corrected chi connectivity index (χ2v) is 7.09. The number of nitrogens with zero attached hydrogens (tertiary/aromatic N) is 2. The molecule has 0 aliphatic heterocycles. The Hall–Kier alpha value is -2.30. The van der Waals surface area contributed by atoms with Gasteiger partial charge in [0.2, 0.25) is 0 Å². The normalized spacial score (nSPS) is 11.3. The van der Waals surface area contributed by atoms with Gasteiger partial charge in [0.1, 0.15) is 5.69 Å². The third-order valence-corrected chi connectivity index (χ3v) is 5.32. The third-order valence-electron chi connectivity index (χ3n) is 5.08. The van der Waals surface area contributed by atoms with E-state index >= 15 is 0 Å². The molecule has 0 fully saturated rings. The van der Waals surface area contributed by atoms with Gasteiger partial charge in [0, 0.05) is 28.9 Å². The van der Waals surface area contributed by atoms with E-state index in [0.717, 1.165) is 41.7 Å². The van der Waals surface area contributed by atoms with Crippen molar-refractivity contribution in [3.8, 4) is 11.3 Å². The van der Waals surface area contributed by atoms with Crippen LogP contribution in [0, 0.1) is 0 Å². The number of rotatable bonds is 8. The minimum Gasteiger partial charge on any atom is -0.461 e. The Morgan fingerprint density at radius 3 is 2.39 bits per heavy atom. The summed E-state index contributed by atoms with van der Waals surface area (Å²) < 4.78 is 7.51. The molecule has 0 amide bonds. The Labute approximate surface area is 171 Å². The first-order valence-electron chi connectivity index (χ1n) is 9.87. The van der Waals surface area contributed by atoms with Crippen LogP contribution in [0.5, 0.6) is 0 Å². The van der Waals surface area contributed by atoms with Gasteiger partial charge in [0.15, 0.2) is 0 Å². The van der Waals surface area contributed by atoms with Crippen LogP contribution in [0.25, 0.3) is 22.0 Å². The number of aromatic nitrogens is 1. The molecule has 0 N–H and O–H groups in total. The number of carbonyl (C=O) groups excluding carboxylic acids is 1. The van der Waals surface area contributed by atoms with E-state index in [1.54, 1.807) is 0 Å². The van der Waals surface area contributed by atoms with Gasteiger partial charge in [-0.2, -0.15) is 0 Å². The zero-order valence-electron chi connectivity index (χ0n) is 16.7. The Morgan fingerprint density at radius 2 is 1.75 bits per heavy atom. The highest BCUT2D eigenvalue weighted by Gasteiger charge is 2.24. The van der Waals surface area contributed by atoms with Crippen LogP contribution < -0.4 is 0 Å². The van der Waals surface area contributed by atoms with Crippen LogP contribution in [0.1, 0.15) is 31.3 Å². The van der Waals surface area contributed by atoms with Gasteiger partial charge in [0.25, 0.3) is 0 Å². The molecule has 2 aromatic carbocycles. The second-order valence-electron chi connectivity index (χ2n) is 6.65. The maximum absolute atomic E-state index is 12.9. The summed E-state index contributed by atoms with van der Waals surface area (Å²) in [6.45, 7) is 9.97. The fraction of sp³-hybridized carbons (Fsp3) is 0.348. The predicted molar refractivity (Wildman–Crippen MR) is 116 cm³/mol. The minimum absolute atomic E-state index is 0.309. The summed E-state index contributed by atoms with van der Waals surface area (Å²) in [5.41, 5.74) is 2.68. The number of halogens is 1. The number of hydrogen-bond donors (Lipinski definition) is 0. The molecule has 0 saturated carbocycles. The zero-order valence-corrected chi connectivity index (χ0v) is 17.5. The maximum atomic E-state index is 12.9. The molecule has 0 aliphatic rings. The highest BCUT2D eigenvalue weighted by molar-refractivity contribution is 6.31. The number of likely N-dealkylation sites (N-methyl/N-ethyl adjacent to an activating group) is 1. The topological polar surface area (TPSA) is 34.5 Å². The molecule has 0 unspecified atom stereocenters. The van der Waals surface area contributed by atoms with Crippen LogP contribution >= 0.6 is 11.6 Å². The van der Waals surface area contributed by atoms with Gasteiger partial charge >= 0.3 is 5.97 Å². The van der Waals surface area contributed by atoms with Crippen LogP contribution in [-0.2, 0) is 11.3 Å². The highest BCUT2D eigenvalue weighted by atomic mass is 35.5. The van der Waals surface area contributed by atoms with Gasteiger partial charge in [-0.25, -0.2) is 4.79 Å². The average molecular weight is 399 g/mol. The lowest BCUT2D eigenvalue weighted by Gasteiger charge is -2.20. The SMILES string of the molecule is CCOC(=O)c1c2cc(Cl)ccc2c(-c2ccccc2)n1CCN(CC)CC. The molecular formula is C23H27ClN2O2. The molecule has 28 heavy (non-hydrogen) atoms. The Balaban J connectivity index is 2.25. The minimum atomic E-state index is -0.309. The summed E-state index contributed by atoms with van der Waals surface area (Å²) in [5.74, 6) is -0.309. The molecule has 1 heterocycles. The highest BCUT2D eigenvalue weighted by Crippen LogP contribution is 2.36. The number of benzene rings is 2. The van der Waals surface area contributed by atoms with Crippen molar-refractivity contribution in [3.05, 3.63) is 59.2 Å². The summed E-state index contributed by atoms with van der Waals surface area (Å²) >= 11 is 6.28. The van der Waals surface area contributed by atoms with E-state index in [1.807, 2.05) is 43.3 Å². The van der Waals surface area contributed by atoms with E-state index in [0.29, 0.717) is 23.9 Å². The molecule has 0 atom stereocenters. The van der Waals surface area contributed by atoms with Crippen LogP contribution in [0.3, 0.4) is 0 Å². The smallest absolute Gasteiger partial charge is 0.355 e. The van der Waals surface area contributed by atoms with E-state index in [2.05, 4.69) is 35.4 Å². The molecule has 5 heteroatoms. The summed E-state index contributed by atoms with van der Waals surface area (Å²) in [4.78, 5) is 15.3. The Bertz CT molecular complexity index is 946. The Morgan fingerprint density at radius 1 is 1.04 bits per heavy atom. The van der Waals surface area contributed by atoms with Gasteiger partial charge in [-0.05, 0) is 37.7 Å². The fourth-order valence-electron chi connectivity index (χ4n) is 3.65. The lowest BCUT2D eigenvalue weighted by atomic mass is 10.1. The molecule has 0 saturated heterocycles. The van der Waals surface area contributed by atoms with Gasteiger partial charge < -0.3 is 14.2 Å². The number of fused-ring (bicyclic) bond motifs is 1. The van der Waals surface area contributed by atoms with Gasteiger partial charge in [0.05, 0.1) is 12.3 Å². The van der Waals surface area contributed by atoms with Crippen LogP contribution in [0.4, 0.5) is 0 Å². The summed E-state index contributed by atoms with van der Waals surface area (Å²) in [7, 11) is 0. The number of hydrogen-bond acceptors (Lipinski definition) is 3. The first kappa shape index (κ1) is 20.4. The van der Waals surface area contributed by atoms with Crippen LogP contribution in [0.2, 0.25) is 5.02 Å². The third kappa shape index (κ3) is 4.08. The van der Waals surface area contributed by atoms with Crippen molar-refractivity contribution in [2.24, 2.45) is 0 Å². The van der Waals surface area contributed by atoms with E-state index in [9.17, 15) is 4.79 Å². The van der Waals surface area contributed by atoms with Crippen molar-refractivity contribution in [3.63, 3.8) is 0 Å². The van der Waals surface area contributed by atoms with Crippen molar-refractivity contribution >= 4 is 28.3 Å². The van der Waals surface area contributed by atoms with Gasteiger partial charge in [-0.1, -0.05) is 61.8 Å². The molecule has 0 radical (unpaired) electrons. The van der Waals surface area contributed by atoms with Crippen molar-refractivity contribution in [2.45, 2.75) is 27.3 Å². The number of esters is 1. The molecule has 0 spiro atoms. The quantitative estimate of drug-likeness (QED) is 0.471. The van der Waals surface area contributed by atoms with E-state index in [1.165, 1.54) is 0 Å². The summed E-state index contributed by atoms with van der Waals surface area (Å²) in [5, 5.41) is 2.46. The van der Waals surface area contributed by atoms with Gasteiger partial charge in [-0.15, -0.1) is 0 Å². The summed E-state index contributed by atoms with van der Waals surface area (Å²) in [6.07, 6.45) is 0. The molecule has 0 bridgehead atoms. The monoisotopic (exact) mass is 398 g/mol. The first-order valence-corrected chi connectivity index (χ1v) is 10.2. The number of carbonyl (C=O) groups is 1. The van der Waals surface area contributed by atoms with E-state index in [4.69, 9.17) is 16.3 Å². The molecule has 3 rings (SSSR count). The maximum Gasteiger partial charge on any atom is 0.355 e. The summed E-state index contributed by atoms with van der Waals surface area (Å²) in [6, 6.07) is 15.9. The van der Waals surface area contributed by atoms with Crippen molar-refractivity contribution in [1.82, 2.24) is 9.47 Å². The van der Waals surface area contributed by atoms with Crippen LogP contribution in [-0.4, -0.2) is 41.7 Å². The molecule has 1 aromatic heterocycles. The van der Waals surface area contributed by atoms with Crippen molar-refractivity contribution < 1.29 is 9.53 Å². The average Bonchev–Trinajstić information content (AvgIpc) is 3.02. The molecular weight excluding hydrogens is 372 g/mol. The molecule has 4 nitrogen and oxygen atoms in total. The molecule has 3 aromatic rings. The Kier molecular flexibility index (Phi) is 6.76. The van der Waals surface area contributed by atoms with Crippen LogP contribution in [0.15, 0.2) is 48.5 Å². The zero-order chi connectivity index (χ0) is 20.1. The fourth-order valence-corrected chi connectivity index (χ4v) is 3.83. The lowest BCUT2D eigenvalue weighted by Crippen LogP contribution is -2.28. The van der Waals surface area contributed by atoms with Crippen molar-refractivity contribution in [1.29, 1.82) is 0 Å². The number of ether oxygens (including phenoxy) is 1. The molecule has 148 valence electrons. The second kappa shape index (κ2) is 9.26. The van der Waals surface area contributed by atoms with Crippen molar-refractivity contribution in [2.75, 3.05) is 26.2 Å². The van der Waals surface area contributed by atoms with E-state index < -0.39 is 0 Å². The van der Waals surface area contributed by atoms with Gasteiger partial charge in [-0.3, -0.25) is 0 Å². The predicted octanol–water partition coefficient (Wildman–Crippen LogP) is 5.48. The lowest BCUT2D eigenvalue weighted by molar-refractivity contribution is 0.0515. The molecule has 0 aliphatic carbocycles.